The van der Waals surface area contributed by atoms with Crippen molar-refractivity contribution in [1.29, 1.82) is 0 Å². The minimum Gasteiger partial charge on any atom is -0.367 e. The molecule has 0 bridgehead atoms. The van der Waals surface area contributed by atoms with Gasteiger partial charge in [-0.05, 0) is 57.4 Å². The molecule has 0 spiro atoms. The van der Waals surface area contributed by atoms with Crippen LogP contribution in [0.4, 0.5) is 17.5 Å². The van der Waals surface area contributed by atoms with Gasteiger partial charge in [-0.15, -0.1) is 0 Å². The van der Waals surface area contributed by atoms with Crippen molar-refractivity contribution in [3.63, 3.8) is 0 Å². The van der Waals surface area contributed by atoms with Crippen molar-refractivity contribution in [2.75, 3.05) is 41.4 Å². The third-order valence-electron chi connectivity index (χ3n) is 6.28. The summed E-state index contributed by atoms with van der Waals surface area (Å²) in [5.74, 6) is 1.29. The standard InChI is InChI=1S/C24H32N8/c1-4-20-12-19-13-26-24(29-23(19)32(20)31-10-6-5-7-11-31)28-22-9-8-21(14-25-22)30-15-17(2)27-18(3)16-30/h4,8-9,12-14,17-18,27H,1,5-7,10-11,15-16H2,2-3H3,(H,25,26,28,29)/t17-,18+. The minimum absolute atomic E-state index is 0.466. The first-order valence-electron chi connectivity index (χ1n) is 11.6. The van der Waals surface area contributed by atoms with E-state index >= 15 is 0 Å². The molecule has 168 valence electrons. The highest BCUT2D eigenvalue weighted by molar-refractivity contribution is 5.81. The monoisotopic (exact) mass is 432 g/mol. The summed E-state index contributed by atoms with van der Waals surface area (Å²) in [6, 6.07) is 7.15. The number of anilines is 3. The number of piperazine rings is 1. The number of rotatable bonds is 5. The highest BCUT2D eigenvalue weighted by Gasteiger charge is 2.21. The second-order valence-electron chi connectivity index (χ2n) is 8.97. The zero-order valence-corrected chi connectivity index (χ0v) is 19.0. The lowest BCUT2D eigenvalue weighted by molar-refractivity contribution is 0.407. The van der Waals surface area contributed by atoms with E-state index in [4.69, 9.17) is 4.98 Å². The van der Waals surface area contributed by atoms with Gasteiger partial charge in [-0.1, -0.05) is 6.58 Å². The van der Waals surface area contributed by atoms with Crippen molar-refractivity contribution >= 4 is 34.6 Å². The Bertz CT molecular complexity index is 1070. The van der Waals surface area contributed by atoms with Gasteiger partial charge in [-0.25, -0.2) is 14.6 Å². The van der Waals surface area contributed by atoms with Gasteiger partial charge in [0.1, 0.15) is 5.82 Å². The first-order chi connectivity index (χ1) is 15.6. The molecule has 3 aromatic heterocycles. The van der Waals surface area contributed by atoms with Gasteiger partial charge in [0, 0.05) is 49.8 Å². The lowest BCUT2D eigenvalue weighted by atomic mass is 10.1. The topological polar surface area (TPSA) is 74.1 Å². The van der Waals surface area contributed by atoms with E-state index in [1.807, 2.05) is 24.5 Å². The van der Waals surface area contributed by atoms with Crippen LogP contribution in [0.25, 0.3) is 17.1 Å². The third-order valence-corrected chi connectivity index (χ3v) is 6.28. The van der Waals surface area contributed by atoms with Crippen molar-refractivity contribution in [2.24, 2.45) is 0 Å². The summed E-state index contributed by atoms with van der Waals surface area (Å²) in [6.07, 6.45) is 9.38. The molecule has 2 saturated heterocycles. The Kier molecular flexibility index (Phi) is 5.70. The molecule has 5 rings (SSSR count). The van der Waals surface area contributed by atoms with Crippen molar-refractivity contribution in [1.82, 2.24) is 24.9 Å². The molecule has 2 aliphatic rings. The van der Waals surface area contributed by atoms with E-state index in [9.17, 15) is 0 Å². The Morgan fingerprint density at radius 1 is 1.06 bits per heavy atom. The van der Waals surface area contributed by atoms with Crippen LogP contribution in [0.5, 0.6) is 0 Å². The highest BCUT2D eigenvalue weighted by atomic mass is 15.6. The first kappa shape index (κ1) is 20.8. The van der Waals surface area contributed by atoms with Gasteiger partial charge in [0.25, 0.3) is 0 Å². The third kappa shape index (κ3) is 4.14. The predicted molar refractivity (Wildman–Crippen MR) is 131 cm³/mol. The summed E-state index contributed by atoms with van der Waals surface area (Å²) in [5.41, 5.74) is 3.09. The summed E-state index contributed by atoms with van der Waals surface area (Å²) < 4.78 is 2.19. The van der Waals surface area contributed by atoms with Crippen LogP contribution in [0.3, 0.4) is 0 Å². The number of pyridine rings is 1. The molecule has 2 N–H and O–H groups in total. The van der Waals surface area contributed by atoms with Crippen molar-refractivity contribution < 1.29 is 0 Å². The van der Waals surface area contributed by atoms with Crippen LogP contribution < -0.4 is 20.5 Å². The Morgan fingerprint density at radius 2 is 1.84 bits per heavy atom. The number of fused-ring (bicyclic) bond motifs is 1. The average molecular weight is 433 g/mol. The van der Waals surface area contributed by atoms with Crippen LogP contribution >= 0.6 is 0 Å². The van der Waals surface area contributed by atoms with Gasteiger partial charge in [0.05, 0.1) is 17.6 Å². The van der Waals surface area contributed by atoms with E-state index in [0.29, 0.717) is 18.0 Å². The molecular formula is C24H32N8. The fraction of sp³-hybridized carbons (Fsp3) is 0.458. The zero-order chi connectivity index (χ0) is 22.1. The van der Waals surface area contributed by atoms with E-state index in [0.717, 1.165) is 54.4 Å². The molecule has 3 aromatic rings. The molecule has 0 unspecified atom stereocenters. The van der Waals surface area contributed by atoms with E-state index in [1.165, 1.54) is 19.3 Å². The Morgan fingerprint density at radius 3 is 2.53 bits per heavy atom. The van der Waals surface area contributed by atoms with Crippen LogP contribution in [-0.2, 0) is 0 Å². The smallest absolute Gasteiger partial charge is 0.230 e. The van der Waals surface area contributed by atoms with Crippen LogP contribution in [0.2, 0.25) is 0 Å². The lowest BCUT2D eigenvalue weighted by Crippen LogP contribution is -2.54. The SMILES string of the molecule is C=Cc1cc2cnc(Nc3ccc(N4C[C@@H](C)N[C@@H](C)C4)cn3)nc2n1N1CCCCC1. The largest absolute Gasteiger partial charge is 0.367 e. The van der Waals surface area contributed by atoms with Gasteiger partial charge in [0.15, 0.2) is 5.65 Å². The summed E-state index contributed by atoms with van der Waals surface area (Å²) in [7, 11) is 0. The number of hydrogen-bond donors (Lipinski definition) is 2. The summed E-state index contributed by atoms with van der Waals surface area (Å²) in [5, 5.41) is 10.2. The van der Waals surface area contributed by atoms with Crippen LogP contribution in [0.1, 0.15) is 38.8 Å². The van der Waals surface area contributed by atoms with Crippen molar-refractivity contribution in [3.8, 4) is 0 Å². The fourth-order valence-corrected chi connectivity index (χ4v) is 4.88. The maximum atomic E-state index is 4.84. The van der Waals surface area contributed by atoms with Crippen LogP contribution in [0, 0.1) is 0 Å². The second-order valence-corrected chi connectivity index (χ2v) is 8.97. The molecular weight excluding hydrogens is 400 g/mol. The number of nitrogens with one attached hydrogen (secondary N) is 2. The molecule has 2 fully saturated rings. The summed E-state index contributed by atoms with van der Waals surface area (Å²) in [4.78, 5) is 16.4. The highest BCUT2D eigenvalue weighted by Crippen LogP contribution is 2.24. The molecule has 8 heteroatoms. The van der Waals surface area contributed by atoms with E-state index < -0.39 is 0 Å². The molecule has 0 aromatic carbocycles. The van der Waals surface area contributed by atoms with Crippen LogP contribution in [0.15, 0.2) is 37.2 Å². The van der Waals surface area contributed by atoms with E-state index in [1.54, 1.807) is 0 Å². The normalized spacial score (nSPS) is 21.7. The molecule has 0 amide bonds. The molecule has 2 atom stereocenters. The van der Waals surface area contributed by atoms with Crippen molar-refractivity contribution in [2.45, 2.75) is 45.2 Å². The Hall–Kier alpha value is -3.13. The number of nitrogens with zero attached hydrogens (tertiary/aromatic N) is 6. The van der Waals surface area contributed by atoms with Gasteiger partial charge in [-0.2, -0.15) is 4.98 Å². The first-order valence-corrected chi connectivity index (χ1v) is 11.6. The quantitative estimate of drug-likeness (QED) is 0.639. The number of aromatic nitrogens is 4. The molecule has 2 aliphatic heterocycles. The van der Waals surface area contributed by atoms with Crippen molar-refractivity contribution in [3.05, 3.63) is 42.9 Å². The number of hydrogen-bond acceptors (Lipinski definition) is 7. The van der Waals surface area contributed by atoms with Crippen LogP contribution in [-0.4, -0.2) is 57.9 Å². The number of piperidine rings is 1. The van der Waals surface area contributed by atoms with Gasteiger partial charge in [-0.3, -0.25) is 0 Å². The average Bonchev–Trinajstić information content (AvgIpc) is 3.17. The Balaban J connectivity index is 1.37. The fourth-order valence-electron chi connectivity index (χ4n) is 4.88. The summed E-state index contributed by atoms with van der Waals surface area (Å²) >= 11 is 0. The predicted octanol–water partition coefficient (Wildman–Crippen LogP) is 3.52. The second kappa shape index (κ2) is 8.78. The molecule has 0 saturated carbocycles. The molecule has 5 heterocycles. The van der Waals surface area contributed by atoms with E-state index in [-0.39, 0.29) is 0 Å². The Labute approximate surface area is 189 Å². The van der Waals surface area contributed by atoms with Gasteiger partial charge < -0.3 is 20.5 Å². The van der Waals surface area contributed by atoms with Gasteiger partial charge in [0.2, 0.25) is 5.95 Å². The van der Waals surface area contributed by atoms with E-state index in [2.05, 4.69) is 67.7 Å². The lowest BCUT2D eigenvalue weighted by Gasteiger charge is -2.37. The minimum atomic E-state index is 0.466. The molecule has 8 nitrogen and oxygen atoms in total. The summed E-state index contributed by atoms with van der Waals surface area (Å²) in [6.45, 7) is 12.5. The zero-order valence-electron chi connectivity index (χ0n) is 19.0. The molecule has 0 radical (unpaired) electrons. The van der Waals surface area contributed by atoms with Gasteiger partial charge >= 0.3 is 0 Å². The maximum Gasteiger partial charge on any atom is 0.230 e. The maximum absolute atomic E-state index is 4.84. The molecule has 0 aliphatic carbocycles. The molecule has 32 heavy (non-hydrogen) atoms.